The summed E-state index contributed by atoms with van der Waals surface area (Å²) in [7, 11) is 1.56. The fraction of sp³-hybridized carbons (Fsp3) is 0.333. The molecule has 10 heteroatoms. The number of fused-ring (bicyclic) bond motifs is 1. The van der Waals surface area contributed by atoms with Gasteiger partial charge in [-0.2, -0.15) is 0 Å². The van der Waals surface area contributed by atoms with Crippen molar-refractivity contribution in [3.63, 3.8) is 0 Å². The van der Waals surface area contributed by atoms with Gasteiger partial charge in [0, 0.05) is 29.3 Å². The van der Waals surface area contributed by atoms with Crippen LogP contribution in [0.15, 0.2) is 41.3 Å². The predicted octanol–water partition coefficient (Wildman–Crippen LogP) is 4.71. The molecule has 6 rings (SSSR count). The summed E-state index contributed by atoms with van der Waals surface area (Å²) in [4.78, 5) is 21.2. The summed E-state index contributed by atoms with van der Waals surface area (Å²) >= 11 is 0. The SMILES string of the molecule is COc1cc(-c2cn(C3CC3)c3ncnc(N)c23)ccc1NC(=O)Nc1cc(C2(C)CC2)no1. The molecule has 2 amide bonds. The zero-order valence-electron chi connectivity index (χ0n) is 19.0. The maximum Gasteiger partial charge on any atom is 0.326 e. The molecule has 4 N–H and O–H groups in total. The zero-order valence-corrected chi connectivity index (χ0v) is 19.0. The van der Waals surface area contributed by atoms with Crippen LogP contribution in [0.5, 0.6) is 5.75 Å². The molecular formula is C24H25N7O3. The minimum absolute atomic E-state index is 0.0655. The first-order valence-corrected chi connectivity index (χ1v) is 11.3. The molecule has 2 saturated carbocycles. The Balaban J connectivity index is 1.26. The van der Waals surface area contributed by atoms with Gasteiger partial charge in [0.05, 0.1) is 23.9 Å². The molecule has 34 heavy (non-hydrogen) atoms. The zero-order chi connectivity index (χ0) is 23.4. The van der Waals surface area contributed by atoms with Crippen LogP contribution in [0.3, 0.4) is 0 Å². The first kappa shape index (κ1) is 20.5. The summed E-state index contributed by atoms with van der Waals surface area (Å²) in [6, 6.07) is 7.35. The lowest BCUT2D eigenvalue weighted by Crippen LogP contribution is -2.19. The molecule has 2 aliphatic rings. The number of nitrogens with two attached hydrogens (primary N) is 1. The Morgan fingerprint density at radius 1 is 1.24 bits per heavy atom. The van der Waals surface area contributed by atoms with E-state index in [1.54, 1.807) is 19.2 Å². The predicted molar refractivity (Wildman–Crippen MR) is 128 cm³/mol. The van der Waals surface area contributed by atoms with Gasteiger partial charge in [-0.05, 0) is 43.4 Å². The first-order valence-electron chi connectivity index (χ1n) is 11.3. The molecule has 0 bridgehead atoms. The summed E-state index contributed by atoms with van der Waals surface area (Å²) in [5.41, 5.74) is 10.3. The van der Waals surface area contributed by atoms with Gasteiger partial charge in [-0.15, -0.1) is 0 Å². The van der Waals surface area contributed by atoms with E-state index in [4.69, 9.17) is 15.0 Å². The highest BCUT2D eigenvalue weighted by molar-refractivity contribution is 6.03. The molecule has 0 aliphatic heterocycles. The van der Waals surface area contributed by atoms with Crippen molar-refractivity contribution in [1.29, 1.82) is 0 Å². The molecule has 0 radical (unpaired) electrons. The molecule has 0 spiro atoms. The fourth-order valence-electron chi connectivity index (χ4n) is 4.25. The van der Waals surface area contributed by atoms with E-state index in [0.29, 0.717) is 29.2 Å². The lowest BCUT2D eigenvalue weighted by atomic mass is 10.0. The van der Waals surface area contributed by atoms with E-state index in [0.717, 1.165) is 53.5 Å². The molecule has 1 aromatic carbocycles. The van der Waals surface area contributed by atoms with Gasteiger partial charge < -0.3 is 24.9 Å². The topological polar surface area (TPSA) is 133 Å². The Morgan fingerprint density at radius 2 is 2.06 bits per heavy atom. The van der Waals surface area contributed by atoms with Gasteiger partial charge in [-0.1, -0.05) is 18.1 Å². The number of urea groups is 1. The van der Waals surface area contributed by atoms with E-state index in [9.17, 15) is 4.79 Å². The van der Waals surface area contributed by atoms with Crippen LogP contribution in [0.2, 0.25) is 0 Å². The number of hydrogen-bond acceptors (Lipinski definition) is 7. The normalized spacial score (nSPS) is 16.4. The second-order valence-corrected chi connectivity index (χ2v) is 9.27. The second-order valence-electron chi connectivity index (χ2n) is 9.27. The highest BCUT2D eigenvalue weighted by Crippen LogP contribution is 2.47. The van der Waals surface area contributed by atoms with Crippen molar-refractivity contribution in [1.82, 2.24) is 19.7 Å². The lowest BCUT2D eigenvalue weighted by molar-refractivity contribution is 0.261. The molecule has 0 unspecified atom stereocenters. The van der Waals surface area contributed by atoms with Crippen molar-refractivity contribution in [2.24, 2.45) is 0 Å². The number of hydrogen-bond donors (Lipinski definition) is 3. The van der Waals surface area contributed by atoms with Gasteiger partial charge in [0.1, 0.15) is 23.5 Å². The third-order valence-corrected chi connectivity index (χ3v) is 6.70. The number of anilines is 3. The van der Waals surface area contributed by atoms with Gasteiger partial charge in [0.15, 0.2) is 0 Å². The van der Waals surface area contributed by atoms with Crippen molar-refractivity contribution < 1.29 is 14.1 Å². The smallest absolute Gasteiger partial charge is 0.326 e. The third kappa shape index (κ3) is 3.51. The Morgan fingerprint density at radius 3 is 2.79 bits per heavy atom. The van der Waals surface area contributed by atoms with Crippen LogP contribution < -0.4 is 21.1 Å². The van der Waals surface area contributed by atoms with Crippen molar-refractivity contribution >= 4 is 34.5 Å². The Hall–Kier alpha value is -4.08. The summed E-state index contributed by atoms with van der Waals surface area (Å²) in [6.45, 7) is 2.13. The molecule has 4 aromatic rings. The van der Waals surface area contributed by atoms with E-state index < -0.39 is 6.03 Å². The average molecular weight is 460 g/mol. The van der Waals surface area contributed by atoms with Gasteiger partial charge in [0.2, 0.25) is 5.88 Å². The van der Waals surface area contributed by atoms with E-state index in [-0.39, 0.29) is 5.41 Å². The van der Waals surface area contributed by atoms with Crippen LogP contribution in [-0.4, -0.2) is 32.8 Å². The third-order valence-electron chi connectivity index (χ3n) is 6.70. The fourth-order valence-corrected chi connectivity index (χ4v) is 4.25. The first-order chi connectivity index (χ1) is 16.4. The van der Waals surface area contributed by atoms with Crippen LogP contribution in [0.4, 0.5) is 22.2 Å². The number of carbonyl (C=O) groups is 1. The van der Waals surface area contributed by atoms with Crippen molar-refractivity contribution in [2.45, 2.75) is 44.1 Å². The number of nitrogens with zero attached hydrogens (tertiary/aromatic N) is 4. The molecule has 3 aromatic heterocycles. The van der Waals surface area contributed by atoms with E-state index in [1.807, 2.05) is 12.1 Å². The van der Waals surface area contributed by atoms with Gasteiger partial charge in [-0.3, -0.25) is 5.32 Å². The molecule has 0 saturated heterocycles. The van der Waals surface area contributed by atoms with Gasteiger partial charge in [-0.25, -0.2) is 14.8 Å². The average Bonchev–Trinajstić information content (AvgIpc) is 3.72. The summed E-state index contributed by atoms with van der Waals surface area (Å²) in [6.07, 6.45) is 7.97. The second kappa shape index (κ2) is 7.47. The number of rotatable bonds is 6. The van der Waals surface area contributed by atoms with Crippen LogP contribution in [-0.2, 0) is 5.41 Å². The summed E-state index contributed by atoms with van der Waals surface area (Å²) in [5.74, 6) is 1.25. The number of aromatic nitrogens is 4. The molecule has 0 atom stereocenters. The highest BCUT2D eigenvalue weighted by atomic mass is 16.5. The molecule has 174 valence electrons. The van der Waals surface area contributed by atoms with Gasteiger partial charge in [0.25, 0.3) is 0 Å². The number of benzene rings is 1. The molecular weight excluding hydrogens is 434 g/mol. The standard InChI is InChI=1S/C24H25N7O3/c1-24(7-8-24)18-10-19(34-30-18)29-23(32)28-16-6-3-13(9-17(16)33-2)15-11-31(14-4-5-14)22-20(15)21(25)26-12-27-22/h3,6,9-12,14H,4-5,7-8H2,1-2H3,(H2,25,26,27)(H2,28,29,32). The Kier molecular flexibility index (Phi) is 4.51. The van der Waals surface area contributed by atoms with E-state index in [1.165, 1.54) is 6.33 Å². The largest absolute Gasteiger partial charge is 0.495 e. The quantitative estimate of drug-likeness (QED) is 0.380. The maximum absolute atomic E-state index is 12.6. The van der Waals surface area contributed by atoms with Crippen LogP contribution in [0.25, 0.3) is 22.2 Å². The van der Waals surface area contributed by atoms with E-state index >= 15 is 0 Å². The minimum Gasteiger partial charge on any atom is -0.495 e. The maximum atomic E-state index is 12.6. The minimum atomic E-state index is -0.447. The van der Waals surface area contributed by atoms with E-state index in [2.05, 4.69) is 43.4 Å². The number of nitrogens with one attached hydrogen (secondary N) is 2. The number of ether oxygens (including phenoxy) is 1. The van der Waals surface area contributed by atoms with Crippen molar-refractivity contribution in [3.05, 3.63) is 42.5 Å². The number of nitrogen functional groups attached to an aromatic ring is 1. The summed E-state index contributed by atoms with van der Waals surface area (Å²) in [5, 5.41) is 10.4. The Bertz CT molecular complexity index is 1420. The molecule has 2 fully saturated rings. The highest BCUT2D eigenvalue weighted by Gasteiger charge is 2.42. The van der Waals surface area contributed by atoms with Crippen molar-refractivity contribution in [2.75, 3.05) is 23.5 Å². The van der Waals surface area contributed by atoms with Crippen LogP contribution in [0.1, 0.15) is 44.3 Å². The number of amides is 2. The molecule has 10 nitrogen and oxygen atoms in total. The molecule has 2 aliphatic carbocycles. The Labute approximate surface area is 195 Å². The van der Waals surface area contributed by atoms with Crippen molar-refractivity contribution in [3.8, 4) is 16.9 Å². The monoisotopic (exact) mass is 459 g/mol. The summed E-state index contributed by atoms with van der Waals surface area (Å²) < 4.78 is 13.0. The number of carbonyl (C=O) groups excluding carboxylic acids is 1. The lowest BCUT2D eigenvalue weighted by Gasteiger charge is -2.12. The van der Waals surface area contributed by atoms with Gasteiger partial charge >= 0.3 is 6.03 Å². The number of methoxy groups -OCH3 is 1. The van der Waals surface area contributed by atoms with Crippen LogP contribution in [0, 0.1) is 0 Å². The molecule has 3 heterocycles. The van der Waals surface area contributed by atoms with Crippen LogP contribution >= 0.6 is 0 Å².